The number of hydrogen-bond acceptors (Lipinski definition) is 6. The number of benzene rings is 1. The molecule has 1 fully saturated rings. The van der Waals surface area contributed by atoms with Gasteiger partial charge >= 0.3 is 16.4 Å². The van der Waals surface area contributed by atoms with Crippen LogP contribution in [-0.2, 0) is 16.4 Å². The van der Waals surface area contributed by atoms with E-state index in [9.17, 15) is 35.2 Å². The fourth-order valence-electron chi connectivity index (χ4n) is 2.77. The molecule has 1 aliphatic rings. The molecular weight excluding hydrogens is 451 g/mol. The standard InChI is InChI=1S/C17H17F5N4O4S/c1-10-2-3-11(17(20,21)22)8-12(10)23-15-24-13(9-30-15)14(27)25-31(28,29)26-6-4-16(18,19)5-7-26/h2-3,8-9H,4-7H2,1H3,(H,23,24)(H,25,27). The number of halogens is 5. The zero-order chi connectivity index (χ0) is 23.0. The molecule has 170 valence electrons. The number of alkyl halides is 5. The smallest absolute Gasteiger partial charge is 0.416 e. The summed E-state index contributed by atoms with van der Waals surface area (Å²) in [7, 11) is -4.39. The number of amides is 1. The zero-order valence-corrected chi connectivity index (χ0v) is 16.8. The SMILES string of the molecule is Cc1ccc(C(F)(F)F)cc1Nc1nc(C(=O)NS(=O)(=O)N2CCC(F)(F)CC2)co1. The summed E-state index contributed by atoms with van der Waals surface area (Å²) in [5.74, 6) is -4.15. The van der Waals surface area contributed by atoms with E-state index in [0.29, 0.717) is 9.87 Å². The van der Waals surface area contributed by atoms with Gasteiger partial charge in [0.1, 0.15) is 6.26 Å². The van der Waals surface area contributed by atoms with E-state index in [-0.39, 0.29) is 11.7 Å². The highest BCUT2D eigenvalue weighted by atomic mass is 32.2. The van der Waals surface area contributed by atoms with E-state index < -0.39 is 65.4 Å². The Balaban J connectivity index is 1.69. The van der Waals surface area contributed by atoms with Crippen molar-refractivity contribution in [2.24, 2.45) is 0 Å². The number of aryl methyl sites for hydroxylation is 1. The van der Waals surface area contributed by atoms with Crippen LogP contribution in [0.5, 0.6) is 0 Å². The van der Waals surface area contributed by atoms with Crippen molar-refractivity contribution in [2.75, 3.05) is 18.4 Å². The predicted octanol–water partition coefficient (Wildman–Crippen LogP) is 3.45. The van der Waals surface area contributed by atoms with Gasteiger partial charge in [0.2, 0.25) is 0 Å². The van der Waals surface area contributed by atoms with Crippen LogP contribution in [0.3, 0.4) is 0 Å². The van der Waals surface area contributed by atoms with Crippen molar-refractivity contribution < 1.29 is 39.6 Å². The molecule has 0 bridgehead atoms. The van der Waals surface area contributed by atoms with E-state index >= 15 is 0 Å². The van der Waals surface area contributed by atoms with Crippen molar-refractivity contribution >= 4 is 27.8 Å². The molecule has 1 saturated heterocycles. The molecule has 3 rings (SSSR count). The molecule has 0 radical (unpaired) electrons. The Morgan fingerprint density at radius 2 is 1.87 bits per heavy atom. The predicted molar refractivity (Wildman–Crippen MR) is 98.1 cm³/mol. The monoisotopic (exact) mass is 468 g/mol. The minimum atomic E-state index is -4.57. The molecular formula is C17H17F5N4O4S. The molecule has 1 amide bonds. The van der Waals surface area contributed by atoms with Crippen LogP contribution in [0.4, 0.5) is 33.7 Å². The Hall–Kier alpha value is -2.74. The maximum atomic E-state index is 13.2. The molecule has 2 N–H and O–H groups in total. The highest BCUT2D eigenvalue weighted by Gasteiger charge is 2.39. The summed E-state index contributed by atoms with van der Waals surface area (Å²) in [5.41, 5.74) is -0.937. The summed E-state index contributed by atoms with van der Waals surface area (Å²) in [5, 5.41) is 2.49. The first-order valence-corrected chi connectivity index (χ1v) is 10.3. The zero-order valence-electron chi connectivity index (χ0n) is 16.0. The van der Waals surface area contributed by atoms with Crippen LogP contribution in [0.25, 0.3) is 0 Å². The quantitative estimate of drug-likeness (QED) is 0.652. The molecule has 1 aromatic heterocycles. The van der Waals surface area contributed by atoms with Gasteiger partial charge < -0.3 is 9.73 Å². The first-order valence-electron chi connectivity index (χ1n) is 8.87. The fraction of sp³-hybridized carbons (Fsp3) is 0.412. The Morgan fingerprint density at radius 1 is 1.23 bits per heavy atom. The van der Waals surface area contributed by atoms with Gasteiger partial charge in [-0.15, -0.1) is 0 Å². The molecule has 0 aliphatic carbocycles. The van der Waals surface area contributed by atoms with Crippen molar-refractivity contribution in [2.45, 2.75) is 31.9 Å². The number of piperidine rings is 1. The van der Waals surface area contributed by atoms with Crippen molar-refractivity contribution in [1.82, 2.24) is 14.0 Å². The van der Waals surface area contributed by atoms with Crippen LogP contribution in [-0.4, -0.2) is 42.6 Å². The summed E-state index contributed by atoms with van der Waals surface area (Å²) >= 11 is 0. The lowest BCUT2D eigenvalue weighted by Gasteiger charge is -2.30. The molecule has 2 aromatic rings. The largest absolute Gasteiger partial charge is 0.431 e. The summed E-state index contributed by atoms with van der Waals surface area (Å²) < 4.78 is 96.9. The minimum absolute atomic E-state index is 0.0190. The third-order valence-electron chi connectivity index (χ3n) is 4.56. The number of hydrogen-bond donors (Lipinski definition) is 2. The lowest BCUT2D eigenvalue weighted by atomic mass is 10.1. The van der Waals surface area contributed by atoms with Gasteiger partial charge in [0, 0.05) is 31.6 Å². The number of rotatable bonds is 5. The molecule has 1 aliphatic heterocycles. The topological polar surface area (TPSA) is 105 Å². The first kappa shape index (κ1) is 22.9. The maximum Gasteiger partial charge on any atom is 0.416 e. The Morgan fingerprint density at radius 3 is 2.48 bits per heavy atom. The maximum absolute atomic E-state index is 13.2. The van der Waals surface area contributed by atoms with Gasteiger partial charge in [-0.05, 0) is 24.6 Å². The third kappa shape index (κ3) is 5.50. The molecule has 1 aromatic carbocycles. The van der Waals surface area contributed by atoms with E-state index in [4.69, 9.17) is 4.42 Å². The molecule has 0 saturated carbocycles. The van der Waals surface area contributed by atoms with Gasteiger partial charge in [-0.2, -0.15) is 30.9 Å². The minimum Gasteiger partial charge on any atom is -0.431 e. The molecule has 0 unspecified atom stereocenters. The lowest BCUT2D eigenvalue weighted by molar-refractivity contribution is -0.137. The second-order valence-electron chi connectivity index (χ2n) is 6.88. The van der Waals surface area contributed by atoms with Crippen LogP contribution in [0, 0.1) is 6.92 Å². The highest BCUT2D eigenvalue weighted by molar-refractivity contribution is 7.87. The third-order valence-corrected chi connectivity index (χ3v) is 6.05. The van der Waals surface area contributed by atoms with Gasteiger partial charge in [-0.3, -0.25) is 4.79 Å². The van der Waals surface area contributed by atoms with Crippen molar-refractivity contribution in [3.05, 3.63) is 41.3 Å². The second kappa shape index (κ2) is 8.07. The van der Waals surface area contributed by atoms with Crippen molar-refractivity contribution in [3.8, 4) is 0 Å². The molecule has 31 heavy (non-hydrogen) atoms. The van der Waals surface area contributed by atoms with Gasteiger partial charge in [0.25, 0.3) is 17.8 Å². The molecule has 14 heteroatoms. The van der Waals surface area contributed by atoms with E-state index in [0.717, 1.165) is 18.4 Å². The van der Waals surface area contributed by atoms with Crippen LogP contribution in [0.15, 0.2) is 28.9 Å². The van der Waals surface area contributed by atoms with Crippen LogP contribution in [0.1, 0.15) is 34.5 Å². The number of nitrogens with zero attached hydrogens (tertiary/aromatic N) is 2. The highest BCUT2D eigenvalue weighted by Crippen LogP contribution is 2.33. The number of aromatic nitrogens is 1. The Labute approximate surface area is 173 Å². The molecule has 8 nitrogen and oxygen atoms in total. The van der Waals surface area contributed by atoms with Gasteiger partial charge in [0.15, 0.2) is 5.69 Å². The number of anilines is 2. The number of oxazole rings is 1. The average molecular weight is 468 g/mol. The van der Waals surface area contributed by atoms with Gasteiger partial charge in [0.05, 0.1) is 5.56 Å². The number of carbonyl (C=O) groups is 1. The van der Waals surface area contributed by atoms with E-state index in [2.05, 4.69) is 10.3 Å². The first-order chi connectivity index (χ1) is 14.3. The number of carbonyl (C=O) groups excluding carboxylic acids is 1. The van der Waals surface area contributed by atoms with E-state index in [1.165, 1.54) is 13.0 Å². The summed E-state index contributed by atoms with van der Waals surface area (Å²) in [6, 6.07) is 2.62. The van der Waals surface area contributed by atoms with Gasteiger partial charge in [-0.25, -0.2) is 13.5 Å². The fourth-order valence-corrected chi connectivity index (χ4v) is 3.90. The average Bonchev–Trinajstić information content (AvgIpc) is 3.10. The lowest BCUT2D eigenvalue weighted by Crippen LogP contribution is -2.49. The van der Waals surface area contributed by atoms with E-state index in [1.54, 1.807) is 4.72 Å². The van der Waals surface area contributed by atoms with E-state index in [1.807, 2.05) is 0 Å². The normalized spacial score (nSPS) is 17.4. The van der Waals surface area contributed by atoms with Gasteiger partial charge in [-0.1, -0.05) is 6.07 Å². The summed E-state index contributed by atoms with van der Waals surface area (Å²) in [6.07, 6.45) is -5.11. The van der Waals surface area contributed by atoms with Crippen LogP contribution < -0.4 is 10.0 Å². The number of nitrogens with one attached hydrogen (secondary N) is 2. The van der Waals surface area contributed by atoms with Crippen molar-refractivity contribution in [1.29, 1.82) is 0 Å². The Bertz CT molecular complexity index is 1070. The molecule has 2 heterocycles. The summed E-state index contributed by atoms with van der Waals surface area (Å²) in [6.45, 7) is 0.611. The Kier molecular flexibility index (Phi) is 5.97. The molecule has 0 spiro atoms. The molecule has 0 atom stereocenters. The van der Waals surface area contributed by atoms with Crippen LogP contribution >= 0.6 is 0 Å². The van der Waals surface area contributed by atoms with Crippen molar-refractivity contribution in [3.63, 3.8) is 0 Å². The summed E-state index contributed by atoms with van der Waals surface area (Å²) in [4.78, 5) is 15.9. The van der Waals surface area contributed by atoms with Crippen LogP contribution in [0.2, 0.25) is 0 Å². The second-order valence-corrected chi connectivity index (χ2v) is 8.55.